The van der Waals surface area contributed by atoms with Gasteiger partial charge in [-0.1, -0.05) is 5.57 Å². The Kier molecular flexibility index (Phi) is 3.67. The van der Waals surface area contributed by atoms with E-state index in [2.05, 4.69) is 25.2 Å². The van der Waals surface area contributed by atoms with Crippen molar-refractivity contribution in [2.24, 2.45) is 10.4 Å². The maximum atomic E-state index is 5.36. The summed E-state index contributed by atoms with van der Waals surface area (Å²) in [7, 11) is 0. The van der Waals surface area contributed by atoms with Crippen molar-refractivity contribution in [3.63, 3.8) is 0 Å². The maximum Gasteiger partial charge on any atom is 0.0472 e. The normalized spacial score (nSPS) is 21.0. The molecule has 1 aliphatic heterocycles. The van der Waals surface area contributed by atoms with Gasteiger partial charge in [0.2, 0.25) is 0 Å². The van der Waals surface area contributed by atoms with Crippen LogP contribution in [-0.2, 0) is 4.74 Å². The molecule has 0 N–H and O–H groups in total. The minimum atomic E-state index is 0.297. The van der Waals surface area contributed by atoms with Gasteiger partial charge in [-0.3, -0.25) is 0 Å². The molecule has 1 saturated heterocycles. The fourth-order valence-corrected chi connectivity index (χ4v) is 2.07. The molecule has 1 fully saturated rings. The Hall–Kier alpha value is -0.630. The van der Waals surface area contributed by atoms with E-state index in [1.54, 1.807) is 0 Å². The molecule has 0 spiro atoms. The molecule has 1 aliphatic rings. The lowest BCUT2D eigenvalue weighted by Gasteiger charge is -2.36. The van der Waals surface area contributed by atoms with E-state index in [9.17, 15) is 0 Å². The first-order chi connectivity index (χ1) is 6.18. The average Bonchev–Trinajstić information content (AvgIpc) is 2.04. The summed E-state index contributed by atoms with van der Waals surface area (Å²) in [5.74, 6) is 0. The van der Waals surface area contributed by atoms with Gasteiger partial charge < -0.3 is 9.73 Å². The van der Waals surface area contributed by atoms with Crippen molar-refractivity contribution in [2.45, 2.75) is 26.2 Å². The number of hydrogen-bond acceptors (Lipinski definition) is 2. The third-order valence-electron chi connectivity index (χ3n) is 2.68. The van der Waals surface area contributed by atoms with Gasteiger partial charge in [-0.05, 0) is 38.3 Å². The molecule has 0 aromatic heterocycles. The third-order valence-corrected chi connectivity index (χ3v) is 2.68. The Morgan fingerprint density at radius 2 is 2.08 bits per heavy atom. The van der Waals surface area contributed by atoms with Crippen LogP contribution in [0.3, 0.4) is 0 Å². The number of rotatable bonds is 4. The van der Waals surface area contributed by atoms with E-state index in [0.717, 1.165) is 39.0 Å². The fourth-order valence-electron chi connectivity index (χ4n) is 2.07. The van der Waals surface area contributed by atoms with Crippen LogP contribution in [0.25, 0.3) is 0 Å². The van der Waals surface area contributed by atoms with Crippen LogP contribution in [0.15, 0.2) is 17.1 Å². The van der Waals surface area contributed by atoms with Crippen molar-refractivity contribution in [1.82, 2.24) is 0 Å². The second-order valence-electron chi connectivity index (χ2n) is 4.13. The molecule has 0 unspecified atom stereocenters. The summed E-state index contributed by atoms with van der Waals surface area (Å²) >= 11 is 0. The van der Waals surface area contributed by atoms with Crippen molar-refractivity contribution in [1.29, 1.82) is 0 Å². The summed E-state index contributed by atoms with van der Waals surface area (Å²) in [5, 5.41) is 0. The van der Waals surface area contributed by atoms with Crippen LogP contribution in [-0.4, -0.2) is 26.5 Å². The first-order valence-corrected chi connectivity index (χ1v) is 4.83. The Bertz CT molecular complexity index is 192. The molecule has 0 atom stereocenters. The van der Waals surface area contributed by atoms with Gasteiger partial charge >= 0.3 is 0 Å². The van der Waals surface area contributed by atoms with Gasteiger partial charge in [0.05, 0.1) is 0 Å². The number of nitrogens with zero attached hydrogens (tertiary/aromatic N) is 1. The predicted octanol–water partition coefficient (Wildman–Crippen LogP) is 2.45. The molecule has 0 bridgehead atoms. The quantitative estimate of drug-likeness (QED) is 0.482. The van der Waals surface area contributed by atoms with E-state index < -0.39 is 0 Å². The highest BCUT2D eigenvalue weighted by Gasteiger charge is 2.31. The molecule has 0 radical (unpaired) electrons. The van der Waals surface area contributed by atoms with E-state index in [0.29, 0.717) is 5.41 Å². The van der Waals surface area contributed by atoms with Crippen LogP contribution >= 0.6 is 0 Å². The molecule has 0 aliphatic carbocycles. The Labute approximate surface area is 80.7 Å². The number of hydrogen-bond donors (Lipinski definition) is 0. The number of allylic oxidation sites excluding steroid dienone is 1. The summed E-state index contributed by atoms with van der Waals surface area (Å²) in [6, 6.07) is 0. The van der Waals surface area contributed by atoms with Crippen LogP contribution in [0.2, 0.25) is 0 Å². The molecule has 0 aromatic rings. The molecule has 1 rings (SSSR count). The highest BCUT2D eigenvalue weighted by molar-refractivity contribution is 5.23. The van der Waals surface area contributed by atoms with Crippen molar-refractivity contribution >= 4 is 6.72 Å². The van der Waals surface area contributed by atoms with Crippen LogP contribution in [0, 0.1) is 5.41 Å². The highest BCUT2D eigenvalue weighted by Crippen LogP contribution is 2.36. The van der Waals surface area contributed by atoms with Crippen molar-refractivity contribution in [3.05, 3.63) is 12.2 Å². The van der Waals surface area contributed by atoms with Crippen LogP contribution < -0.4 is 0 Å². The van der Waals surface area contributed by atoms with E-state index in [4.69, 9.17) is 4.74 Å². The van der Waals surface area contributed by atoms with Gasteiger partial charge in [-0.25, -0.2) is 0 Å². The molecule has 0 amide bonds. The molecule has 74 valence electrons. The van der Waals surface area contributed by atoms with Crippen LogP contribution in [0.4, 0.5) is 0 Å². The lowest BCUT2D eigenvalue weighted by Crippen LogP contribution is -2.32. The van der Waals surface area contributed by atoms with Crippen LogP contribution in [0.1, 0.15) is 26.2 Å². The molecule has 0 aromatic carbocycles. The van der Waals surface area contributed by atoms with Crippen molar-refractivity contribution in [2.75, 3.05) is 19.8 Å². The molecule has 2 heteroatoms. The van der Waals surface area contributed by atoms with Gasteiger partial charge in [-0.15, -0.1) is 6.58 Å². The van der Waals surface area contributed by atoms with E-state index in [1.165, 1.54) is 5.57 Å². The first kappa shape index (κ1) is 10.5. The standard InChI is InChI=1S/C11H19NO/c1-10(2)8-11(9-12-3)4-6-13-7-5-11/h1,3-9H2,2H3. The van der Waals surface area contributed by atoms with Gasteiger partial charge in [0.15, 0.2) is 0 Å². The second-order valence-corrected chi connectivity index (χ2v) is 4.13. The zero-order valence-corrected chi connectivity index (χ0v) is 8.51. The fraction of sp³-hybridized carbons (Fsp3) is 0.727. The van der Waals surface area contributed by atoms with Crippen LogP contribution in [0.5, 0.6) is 0 Å². The SMILES string of the molecule is C=NCC1(CC(=C)C)CCOCC1. The number of aliphatic imine (C=N–C) groups is 1. The predicted molar refractivity (Wildman–Crippen MR) is 56.3 cm³/mol. The van der Waals surface area contributed by atoms with E-state index >= 15 is 0 Å². The molecular formula is C11H19NO. The first-order valence-electron chi connectivity index (χ1n) is 4.83. The highest BCUT2D eigenvalue weighted by atomic mass is 16.5. The minimum Gasteiger partial charge on any atom is -0.381 e. The molecular weight excluding hydrogens is 162 g/mol. The zero-order valence-electron chi connectivity index (χ0n) is 8.51. The average molecular weight is 181 g/mol. The topological polar surface area (TPSA) is 21.6 Å². The largest absolute Gasteiger partial charge is 0.381 e. The summed E-state index contributed by atoms with van der Waals surface area (Å²) in [4.78, 5) is 4.04. The summed E-state index contributed by atoms with van der Waals surface area (Å²) in [5.41, 5.74) is 1.54. The summed E-state index contributed by atoms with van der Waals surface area (Å²) in [6.07, 6.45) is 3.26. The van der Waals surface area contributed by atoms with E-state index in [1.807, 2.05) is 0 Å². The number of ether oxygens (including phenoxy) is 1. The lowest BCUT2D eigenvalue weighted by molar-refractivity contribution is 0.0196. The lowest BCUT2D eigenvalue weighted by atomic mass is 9.75. The van der Waals surface area contributed by atoms with Crippen molar-refractivity contribution < 1.29 is 4.74 Å². The zero-order chi connectivity index (χ0) is 9.73. The summed E-state index contributed by atoms with van der Waals surface area (Å²) < 4.78 is 5.36. The molecule has 2 nitrogen and oxygen atoms in total. The second kappa shape index (κ2) is 4.56. The Morgan fingerprint density at radius 1 is 1.46 bits per heavy atom. The Morgan fingerprint density at radius 3 is 2.54 bits per heavy atom. The van der Waals surface area contributed by atoms with Gasteiger partial charge in [-0.2, -0.15) is 0 Å². The third kappa shape index (κ3) is 2.96. The van der Waals surface area contributed by atoms with Gasteiger partial charge in [0, 0.05) is 19.8 Å². The minimum absolute atomic E-state index is 0.297. The smallest absolute Gasteiger partial charge is 0.0472 e. The Balaban J connectivity index is 2.60. The molecule has 1 heterocycles. The maximum absolute atomic E-state index is 5.36. The van der Waals surface area contributed by atoms with Crippen molar-refractivity contribution in [3.8, 4) is 0 Å². The van der Waals surface area contributed by atoms with Gasteiger partial charge in [0.25, 0.3) is 0 Å². The molecule has 0 saturated carbocycles. The molecule has 13 heavy (non-hydrogen) atoms. The van der Waals surface area contributed by atoms with E-state index in [-0.39, 0.29) is 0 Å². The summed E-state index contributed by atoms with van der Waals surface area (Å²) in [6.45, 7) is 12.2. The van der Waals surface area contributed by atoms with Gasteiger partial charge in [0.1, 0.15) is 0 Å². The monoisotopic (exact) mass is 181 g/mol.